The molecule has 1 aromatic carbocycles. The Kier molecular flexibility index (Phi) is 3.14. The van der Waals surface area contributed by atoms with Gasteiger partial charge in [0, 0.05) is 0 Å². The molecule has 1 unspecified atom stereocenters. The monoisotopic (exact) mass is 184 g/mol. The van der Waals surface area contributed by atoms with Crippen LogP contribution in [-0.4, -0.2) is 11.2 Å². The van der Waals surface area contributed by atoms with E-state index in [1.54, 1.807) is 6.92 Å². The maximum Gasteiger partial charge on any atom is 0.159 e. The van der Waals surface area contributed by atoms with Gasteiger partial charge in [0.15, 0.2) is 11.6 Å². The van der Waals surface area contributed by atoms with Crippen molar-refractivity contribution in [1.82, 2.24) is 0 Å². The van der Waals surface area contributed by atoms with Gasteiger partial charge in [0.2, 0.25) is 0 Å². The number of rotatable bonds is 2. The van der Waals surface area contributed by atoms with Gasteiger partial charge in [-0.1, -0.05) is 18.2 Å². The minimum Gasteiger partial charge on any atom is -0.389 e. The van der Waals surface area contributed by atoms with E-state index in [-0.39, 0.29) is 0 Å². The van der Waals surface area contributed by atoms with Crippen LogP contribution in [0.5, 0.6) is 0 Å². The molecule has 1 atom stereocenters. The van der Waals surface area contributed by atoms with Gasteiger partial charge >= 0.3 is 0 Å². The molecule has 1 rings (SSSR count). The third kappa shape index (κ3) is 2.95. The molecule has 0 aliphatic rings. The molecule has 0 aromatic heterocycles. The average Bonchev–Trinajstić information content (AvgIpc) is 2.07. The molecule has 1 aromatic rings. The lowest BCUT2D eigenvalue weighted by molar-refractivity contribution is 0.245. The molecular weight excluding hydrogens is 174 g/mol. The van der Waals surface area contributed by atoms with Crippen molar-refractivity contribution in [2.75, 3.05) is 0 Å². The molecule has 70 valence electrons. The summed E-state index contributed by atoms with van der Waals surface area (Å²) in [6.45, 7) is 1.58. The Balaban J connectivity index is 2.85. The first kappa shape index (κ1) is 9.86. The number of halogens is 2. The van der Waals surface area contributed by atoms with Crippen LogP contribution in [0.25, 0.3) is 6.08 Å². The molecule has 3 heteroatoms. The van der Waals surface area contributed by atoms with Gasteiger partial charge in [-0.05, 0) is 24.6 Å². The predicted octanol–water partition coefficient (Wildman–Crippen LogP) is 2.36. The molecule has 0 saturated heterocycles. The maximum absolute atomic E-state index is 12.6. The summed E-state index contributed by atoms with van der Waals surface area (Å²) in [4.78, 5) is 0. The van der Waals surface area contributed by atoms with Crippen molar-refractivity contribution in [1.29, 1.82) is 0 Å². The first-order chi connectivity index (χ1) is 6.09. The van der Waals surface area contributed by atoms with Gasteiger partial charge in [-0.2, -0.15) is 0 Å². The van der Waals surface area contributed by atoms with Crippen molar-refractivity contribution in [3.05, 3.63) is 41.5 Å². The molecule has 0 aliphatic heterocycles. The Hall–Kier alpha value is -1.22. The summed E-state index contributed by atoms with van der Waals surface area (Å²) in [6.07, 6.45) is 2.44. The lowest BCUT2D eigenvalue weighted by Crippen LogP contribution is -1.91. The van der Waals surface area contributed by atoms with Gasteiger partial charge in [0.05, 0.1) is 6.10 Å². The van der Waals surface area contributed by atoms with E-state index >= 15 is 0 Å². The van der Waals surface area contributed by atoms with E-state index in [1.165, 1.54) is 18.2 Å². The van der Waals surface area contributed by atoms with Gasteiger partial charge in [0.1, 0.15) is 0 Å². The third-order valence-electron chi connectivity index (χ3n) is 1.51. The predicted molar refractivity (Wildman–Crippen MR) is 47.1 cm³/mol. The highest BCUT2D eigenvalue weighted by Crippen LogP contribution is 2.10. The Bertz CT molecular complexity index is 319. The Morgan fingerprint density at radius 1 is 1.31 bits per heavy atom. The second-order valence-corrected chi connectivity index (χ2v) is 2.77. The van der Waals surface area contributed by atoms with Crippen molar-refractivity contribution in [3.8, 4) is 0 Å². The zero-order valence-corrected chi connectivity index (χ0v) is 7.17. The zero-order chi connectivity index (χ0) is 9.84. The largest absolute Gasteiger partial charge is 0.389 e. The molecule has 0 saturated carbocycles. The van der Waals surface area contributed by atoms with E-state index in [0.29, 0.717) is 5.56 Å². The quantitative estimate of drug-likeness (QED) is 0.748. The molecule has 0 bridgehead atoms. The summed E-state index contributed by atoms with van der Waals surface area (Å²) in [6, 6.07) is 3.57. The zero-order valence-electron chi connectivity index (χ0n) is 7.17. The first-order valence-corrected chi connectivity index (χ1v) is 3.91. The number of benzene rings is 1. The molecule has 1 N–H and O–H groups in total. The van der Waals surface area contributed by atoms with Crippen LogP contribution in [0.4, 0.5) is 8.78 Å². The molecule has 0 fully saturated rings. The summed E-state index contributed by atoms with van der Waals surface area (Å²) < 4.78 is 25.1. The molecule has 13 heavy (non-hydrogen) atoms. The second kappa shape index (κ2) is 4.14. The van der Waals surface area contributed by atoms with Crippen molar-refractivity contribution in [3.63, 3.8) is 0 Å². The molecular formula is C10H10F2O. The number of hydrogen-bond acceptors (Lipinski definition) is 1. The first-order valence-electron chi connectivity index (χ1n) is 3.91. The van der Waals surface area contributed by atoms with Gasteiger partial charge in [-0.15, -0.1) is 0 Å². The normalized spacial score (nSPS) is 13.5. The molecule has 0 radical (unpaired) electrons. The van der Waals surface area contributed by atoms with Gasteiger partial charge in [-0.3, -0.25) is 0 Å². The second-order valence-electron chi connectivity index (χ2n) is 2.77. The molecule has 0 heterocycles. The maximum atomic E-state index is 12.6. The summed E-state index contributed by atoms with van der Waals surface area (Å²) in [5.74, 6) is -1.75. The van der Waals surface area contributed by atoms with E-state index in [2.05, 4.69) is 0 Å². The highest BCUT2D eigenvalue weighted by atomic mass is 19.2. The Labute approximate surface area is 75.3 Å². The van der Waals surface area contributed by atoms with Crippen LogP contribution >= 0.6 is 0 Å². The Morgan fingerprint density at radius 3 is 2.54 bits per heavy atom. The average molecular weight is 184 g/mol. The minimum atomic E-state index is -0.882. The van der Waals surface area contributed by atoms with Gasteiger partial charge in [0.25, 0.3) is 0 Å². The SMILES string of the molecule is CC(O)/C=C/c1ccc(F)c(F)c1. The van der Waals surface area contributed by atoms with Crippen LogP contribution in [0.3, 0.4) is 0 Å². The van der Waals surface area contributed by atoms with Crippen LogP contribution in [-0.2, 0) is 0 Å². The van der Waals surface area contributed by atoms with Crippen molar-refractivity contribution >= 4 is 6.08 Å². The van der Waals surface area contributed by atoms with E-state index in [4.69, 9.17) is 5.11 Å². The number of aliphatic hydroxyl groups is 1. The molecule has 0 aliphatic carbocycles. The lowest BCUT2D eigenvalue weighted by atomic mass is 10.2. The smallest absolute Gasteiger partial charge is 0.159 e. The van der Waals surface area contributed by atoms with Crippen LogP contribution in [0.2, 0.25) is 0 Å². The van der Waals surface area contributed by atoms with Crippen LogP contribution in [0.1, 0.15) is 12.5 Å². The summed E-state index contributed by atoms with van der Waals surface area (Å²) in [5, 5.41) is 8.88. The topological polar surface area (TPSA) is 20.2 Å². The van der Waals surface area contributed by atoms with E-state index in [0.717, 1.165) is 12.1 Å². The van der Waals surface area contributed by atoms with Crippen LogP contribution < -0.4 is 0 Å². The van der Waals surface area contributed by atoms with Crippen LogP contribution in [0, 0.1) is 11.6 Å². The molecule has 1 nitrogen and oxygen atoms in total. The highest BCUT2D eigenvalue weighted by molar-refractivity contribution is 5.49. The molecule has 0 spiro atoms. The van der Waals surface area contributed by atoms with E-state index in [9.17, 15) is 8.78 Å². The third-order valence-corrected chi connectivity index (χ3v) is 1.51. The fraction of sp³-hybridized carbons (Fsp3) is 0.200. The van der Waals surface area contributed by atoms with Crippen molar-refractivity contribution < 1.29 is 13.9 Å². The summed E-state index contributed by atoms with van der Waals surface area (Å²) in [7, 11) is 0. The highest BCUT2D eigenvalue weighted by Gasteiger charge is 1.99. The minimum absolute atomic E-state index is 0.528. The van der Waals surface area contributed by atoms with Crippen molar-refractivity contribution in [2.45, 2.75) is 13.0 Å². The van der Waals surface area contributed by atoms with Crippen molar-refractivity contribution in [2.24, 2.45) is 0 Å². The molecule has 0 amide bonds. The van der Waals surface area contributed by atoms with E-state index < -0.39 is 17.7 Å². The van der Waals surface area contributed by atoms with Crippen LogP contribution in [0.15, 0.2) is 24.3 Å². The summed E-state index contributed by atoms with van der Waals surface area (Å²) in [5.41, 5.74) is 0.528. The van der Waals surface area contributed by atoms with Gasteiger partial charge < -0.3 is 5.11 Å². The standard InChI is InChI=1S/C10H10F2O/c1-7(13)2-3-8-4-5-9(11)10(12)6-8/h2-7,13H,1H3/b3-2+. The number of aliphatic hydroxyl groups excluding tert-OH is 1. The summed E-state index contributed by atoms with van der Waals surface area (Å²) >= 11 is 0. The van der Waals surface area contributed by atoms with E-state index in [1.807, 2.05) is 0 Å². The lowest BCUT2D eigenvalue weighted by Gasteiger charge is -1.96. The fourth-order valence-electron chi connectivity index (χ4n) is 0.866. The van der Waals surface area contributed by atoms with Gasteiger partial charge in [-0.25, -0.2) is 8.78 Å². The Morgan fingerprint density at radius 2 is 2.00 bits per heavy atom. The fourth-order valence-corrected chi connectivity index (χ4v) is 0.866. The number of hydrogen-bond donors (Lipinski definition) is 1.